The van der Waals surface area contributed by atoms with E-state index < -0.39 is 0 Å². The quantitative estimate of drug-likeness (QED) is 0.432. The van der Waals surface area contributed by atoms with Gasteiger partial charge >= 0.3 is 5.97 Å². The molecule has 0 amide bonds. The Bertz CT molecular complexity index is 1000. The lowest BCUT2D eigenvalue weighted by atomic mass is 9.68. The van der Waals surface area contributed by atoms with Crippen LogP contribution in [0.1, 0.15) is 56.2 Å². The Morgan fingerprint density at radius 2 is 1.69 bits per heavy atom. The highest BCUT2D eigenvalue weighted by Gasteiger charge is 2.46. The molecule has 0 bridgehead atoms. The van der Waals surface area contributed by atoms with Gasteiger partial charge in [0.1, 0.15) is 6.61 Å². The number of hydrogen-bond acceptors (Lipinski definition) is 6. The van der Waals surface area contributed by atoms with Crippen LogP contribution in [0, 0.1) is 5.92 Å². The van der Waals surface area contributed by atoms with Gasteiger partial charge in [-0.25, -0.2) is 0 Å². The molecule has 1 spiro atoms. The topological polar surface area (TPSA) is 51.2 Å². The van der Waals surface area contributed by atoms with E-state index in [-0.39, 0.29) is 17.4 Å². The zero-order valence-corrected chi connectivity index (χ0v) is 22.4. The molecule has 0 radical (unpaired) electrons. The van der Waals surface area contributed by atoms with Gasteiger partial charge in [-0.2, -0.15) is 0 Å². The SMILES string of the molecule is CCOc1cc2c(cc1OCC)C1(CCC(C(=O)OCc3ccccc3)CC1)N(CCN(C)C)CC2. The van der Waals surface area contributed by atoms with E-state index in [4.69, 9.17) is 14.2 Å². The van der Waals surface area contributed by atoms with Crippen LogP contribution in [-0.2, 0) is 28.1 Å². The summed E-state index contributed by atoms with van der Waals surface area (Å²) in [5, 5.41) is 0. The summed E-state index contributed by atoms with van der Waals surface area (Å²) in [4.78, 5) is 17.9. The Labute approximate surface area is 216 Å². The van der Waals surface area contributed by atoms with Crippen LogP contribution in [0.3, 0.4) is 0 Å². The van der Waals surface area contributed by atoms with Gasteiger partial charge in [-0.15, -0.1) is 0 Å². The Hall–Kier alpha value is -2.57. The number of likely N-dealkylation sites (N-methyl/N-ethyl adjacent to an activating group) is 1. The fourth-order valence-corrected chi connectivity index (χ4v) is 5.83. The predicted molar refractivity (Wildman–Crippen MR) is 142 cm³/mol. The number of nitrogens with zero attached hydrogens (tertiary/aromatic N) is 2. The van der Waals surface area contributed by atoms with Crippen LogP contribution in [0.15, 0.2) is 42.5 Å². The average Bonchev–Trinajstić information content (AvgIpc) is 2.89. The largest absolute Gasteiger partial charge is 0.490 e. The number of ether oxygens (including phenoxy) is 3. The van der Waals surface area contributed by atoms with Gasteiger partial charge < -0.3 is 19.1 Å². The Kier molecular flexibility index (Phi) is 8.91. The lowest BCUT2D eigenvalue weighted by Gasteiger charge is -2.52. The molecule has 1 aliphatic carbocycles. The number of carbonyl (C=O) groups excluding carboxylic acids is 1. The highest BCUT2D eigenvalue weighted by Crippen LogP contribution is 2.50. The molecular formula is C30H42N2O4. The molecule has 0 saturated heterocycles. The van der Waals surface area contributed by atoms with Gasteiger partial charge in [-0.3, -0.25) is 9.69 Å². The van der Waals surface area contributed by atoms with Crippen LogP contribution in [-0.4, -0.2) is 62.7 Å². The molecule has 1 heterocycles. The molecule has 0 unspecified atom stereocenters. The first-order valence-corrected chi connectivity index (χ1v) is 13.5. The predicted octanol–water partition coefficient (Wildman–Crippen LogP) is 5.03. The Morgan fingerprint density at radius 1 is 1.03 bits per heavy atom. The molecule has 0 aromatic heterocycles. The van der Waals surface area contributed by atoms with E-state index in [0.717, 1.165) is 68.8 Å². The average molecular weight is 495 g/mol. The molecule has 4 rings (SSSR count). The smallest absolute Gasteiger partial charge is 0.309 e. The zero-order valence-electron chi connectivity index (χ0n) is 22.4. The van der Waals surface area contributed by atoms with Crippen LogP contribution in [0.2, 0.25) is 0 Å². The number of esters is 1. The number of carbonyl (C=O) groups is 1. The molecule has 36 heavy (non-hydrogen) atoms. The summed E-state index contributed by atoms with van der Waals surface area (Å²) in [5.41, 5.74) is 3.66. The minimum atomic E-state index is -0.0869. The molecular weight excluding hydrogens is 452 g/mol. The van der Waals surface area contributed by atoms with Crippen molar-refractivity contribution >= 4 is 5.97 Å². The summed E-state index contributed by atoms with van der Waals surface area (Å²) < 4.78 is 17.7. The third-order valence-electron chi connectivity index (χ3n) is 7.71. The van der Waals surface area contributed by atoms with Gasteiger partial charge in [-0.1, -0.05) is 30.3 Å². The third-order valence-corrected chi connectivity index (χ3v) is 7.71. The normalized spacial score (nSPS) is 21.9. The molecule has 0 atom stereocenters. The van der Waals surface area contributed by atoms with Crippen molar-refractivity contribution in [2.75, 3.05) is 46.9 Å². The fourth-order valence-electron chi connectivity index (χ4n) is 5.83. The standard InChI is InChI=1S/C30H42N2O4/c1-5-34-27-20-25-14-17-32(19-18-31(3)4)30(26(25)21-28(27)35-6-2)15-12-24(13-16-30)29(33)36-22-23-10-8-7-9-11-23/h7-11,20-21,24H,5-6,12-19,22H2,1-4H3. The summed E-state index contributed by atoms with van der Waals surface area (Å²) in [7, 11) is 4.26. The Balaban J connectivity index is 1.56. The maximum absolute atomic E-state index is 13.0. The van der Waals surface area contributed by atoms with Crippen LogP contribution in [0.5, 0.6) is 11.5 Å². The first kappa shape index (κ1) is 26.5. The summed E-state index contributed by atoms with van der Waals surface area (Å²) >= 11 is 0. The van der Waals surface area contributed by atoms with Crippen molar-refractivity contribution in [3.63, 3.8) is 0 Å². The van der Waals surface area contributed by atoms with Crippen molar-refractivity contribution in [2.24, 2.45) is 5.92 Å². The lowest BCUT2D eigenvalue weighted by Crippen LogP contribution is -2.54. The van der Waals surface area contributed by atoms with Crippen molar-refractivity contribution < 1.29 is 19.0 Å². The molecule has 0 N–H and O–H groups in total. The van der Waals surface area contributed by atoms with Gasteiger partial charge in [0.05, 0.1) is 19.1 Å². The van der Waals surface area contributed by atoms with Gasteiger partial charge in [-0.05, 0) is 88.9 Å². The lowest BCUT2D eigenvalue weighted by molar-refractivity contribution is -0.152. The summed E-state index contributed by atoms with van der Waals surface area (Å²) in [6.07, 6.45) is 4.56. The second-order valence-electron chi connectivity index (χ2n) is 10.3. The first-order chi connectivity index (χ1) is 17.5. The second-order valence-corrected chi connectivity index (χ2v) is 10.3. The molecule has 196 valence electrons. The fraction of sp³-hybridized carbons (Fsp3) is 0.567. The molecule has 1 aliphatic heterocycles. The van der Waals surface area contributed by atoms with Crippen LogP contribution in [0.4, 0.5) is 0 Å². The maximum Gasteiger partial charge on any atom is 0.309 e. The number of benzene rings is 2. The van der Waals surface area contributed by atoms with E-state index in [1.807, 2.05) is 44.2 Å². The number of rotatable bonds is 10. The monoisotopic (exact) mass is 494 g/mol. The summed E-state index contributed by atoms with van der Waals surface area (Å²) in [5.74, 6) is 1.56. The van der Waals surface area contributed by atoms with Crippen molar-refractivity contribution in [1.29, 1.82) is 0 Å². The van der Waals surface area contributed by atoms with Gasteiger partial charge in [0, 0.05) is 25.2 Å². The van der Waals surface area contributed by atoms with Crippen LogP contribution >= 0.6 is 0 Å². The third kappa shape index (κ3) is 5.87. The van der Waals surface area contributed by atoms with E-state index in [2.05, 4.69) is 36.0 Å². The van der Waals surface area contributed by atoms with Crippen molar-refractivity contribution in [1.82, 2.24) is 9.80 Å². The van der Waals surface area contributed by atoms with Crippen molar-refractivity contribution in [3.8, 4) is 11.5 Å². The van der Waals surface area contributed by atoms with E-state index >= 15 is 0 Å². The van der Waals surface area contributed by atoms with E-state index in [1.165, 1.54) is 11.1 Å². The van der Waals surface area contributed by atoms with E-state index in [9.17, 15) is 4.79 Å². The number of fused-ring (bicyclic) bond motifs is 2. The maximum atomic E-state index is 13.0. The molecule has 1 fully saturated rings. The Morgan fingerprint density at radius 3 is 2.33 bits per heavy atom. The minimum Gasteiger partial charge on any atom is -0.490 e. The number of hydrogen-bond donors (Lipinski definition) is 0. The van der Waals surface area contributed by atoms with Gasteiger partial charge in [0.15, 0.2) is 11.5 Å². The summed E-state index contributed by atoms with van der Waals surface area (Å²) in [6, 6.07) is 14.4. The van der Waals surface area contributed by atoms with Gasteiger partial charge in [0.25, 0.3) is 0 Å². The second kappa shape index (κ2) is 12.1. The zero-order chi connectivity index (χ0) is 25.5. The van der Waals surface area contributed by atoms with E-state index in [0.29, 0.717) is 19.8 Å². The molecule has 2 aromatic carbocycles. The minimum absolute atomic E-state index is 0.0468. The molecule has 6 heteroatoms. The van der Waals surface area contributed by atoms with Crippen molar-refractivity contribution in [2.45, 2.75) is 58.1 Å². The molecule has 2 aliphatic rings. The van der Waals surface area contributed by atoms with Crippen LogP contribution < -0.4 is 9.47 Å². The van der Waals surface area contributed by atoms with Gasteiger partial charge in [0.2, 0.25) is 0 Å². The molecule has 6 nitrogen and oxygen atoms in total. The van der Waals surface area contributed by atoms with E-state index in [1.54, 1.807) is 0 Å². The van der Waals surface area contributed by atoms with Crippen LogP contribution in [0.25, 0.3) is 0 Å². The first-order valence-electron chi connectivity index (χ1n) is 13.5. The molecule has 2 aromatic rings. The highest BCUT2D eigenvalue weighted by molar-refractivity contribution is 5.72. The highest BCUT2D eigenvalue weighted by atomic mass is 16.5. The summed E-state index contributed by atoms with van der Waals surface area (Å²) in [6.45, 7) is 8.62. The van der Waals surface area contributed by atoms with Crippen molar-refractivity contribution in [3.05, 3.63) is 59.2 Å². The molecule has 1 saturated carbocycles.